The van der Waals surface area contributed by atoms with Crippen molar-refractivity contribution < 1.29 is 14.3 Å². The number of carbonyl (C=O) groups excluding carboxylic acids is 2. The predicted molar refractivity (Wildman–Crippen MR) is 58.8 cm³/mol. The van der Waals surface area contributed by atoms with Crippen LogP contribution in [-0.4, -0.2) is 35.0 Å². The average Bonchev–Trinajstić information content (AvgIpc) is 2.73. The number of rotatable bonds is 3. The van der Waals surface area contributed by atoms with Crippen LogP contribution in [0.2, 0.25) is 0 Å². The SMILES string of the molecule is CCCC[C@]1(C)OC(=O)C2CCCN2C1=O. The van der Waals surface area contributed by atoms with Gasteiger partial charge in [-0.3, -0.25) is 4.79 Å². The lowest BCUT2D eigenvalue weighted by Gasteiger charge is -2.40. The number of carbonyl (C=O) groups is 2. The van der Waals surface area contributed by atoms with Gasteiger partial charge in [0.25, 0.3) is 5.91 Å². The molecular formula is C12H19NO3. The quantitative estimate of drug-likeness (QED) is 0.683. The lowest BCUT2D eigenvalue weighted by atomic mass is 9.94. The average molecular weight is 225 g/mol. The summed E-state index contributed by atoms with van der Waals surface area (Å²) in [4.78, 5) is 25.7. The first-order valence-corrected chi connectivity index (χ1v) is 6.12. The van der Waals surface area contributed by atoms with Crippen LogP contribution in [0.3, 0.4) is 0 Å². The maximum atomic E-state index is 12.2. The number of ether oxygens (including phenoxy) is 1. The molecule has 90 valence electrons. The molecule has 1 amide bonds. The van der Waals surface area contributed by atoms with E-state index in [1.165, 1.54) is 0 Å². The summed E-state index contributed by atoms with van der Waals surface area (Å²) in [5.41, 5.74) is -0.909. The lowest BCUT2D eigenvalue weighted by Crippen LogP contribution is -2.59. The second-order valence-corrected chi connectivity index (χ2v) is 4.91. The lowest BCUT2D eigenvalue weighted by molar-refractivity contribution is -0.189. The van der Waals surface area contributed by atoms with E-state index in [0.717, 1.165) is 25.7 Å². The number of morpholine rings is 1. The second-order valence-electron chi connectivity index (χ2n) is 4.91. The number of fused-ring (bicyclic) bond motifs is 1. The number of amides is 1. The third kappa shape index (κ3) is 1.70. The third-order valence-corrected chi connectivity index (χ3v) is 3.57. The Morgan fingerprint density at radius 1 is 1.50 bits per heavy atom. The van der Waals surface area contributed by atoms with Crippen LogP contribution in [0, 0.1) is 0 Å². The molecule has 0 saturated carbocycles. The molecule has 2 heterocycles. The standard InChI is InChI=1S/C12H19NO3/c1-3-4-7-12(2)11(15)13-8-5-6-9(13)10(14)16-12/h9H,3-8H2,1-2H3/t9?,12-/m0/s1. The molecule has 2 aliphatic heterocycles. The molecular weight excluding hydrogens is 206 g/mol. The molecule has 0 N–H and O–H groups in total. The highest BCUT2D eigenvalue weighted by Gasteiger charge is 2.51. The van der Waals surface area contributed by atoms with Crippen LogP contribution < -0.4 is 0 Å². The van der Waals surface area contributed by atoms with Gasteiger partial charge in [-0.25, -0.2) is 4.79 Å². The van der Waals surface area contributed by atoms with Gasteiger partial charge in [-0.15, -0.1) is 0 Å². The minimum atomic E-state index is -0.909. The number of nitrogens with zero attached hydrogens (tertiary/aromatic N) is 1. The summed E-state index contributed by atoms with van der Waals surface area (Å²) >= 11 is 0. The van der Waals surface area contributed by atoms with Crippen molar-refractivity contribution in [2.45, 2.75) is 57.6 Å². The van der Waals surface area contributed by atoms with Crippen molar-refractivity contribution in [3.63, 3.8) is 0 Å². The molecule has 0 spiro atoms. The molecule has 4 heteroatoms. The molecule has 2 aliphatic rings. The van der Waals surface area contributed by atoms with Crippen LogP contribution in [0.1, 0.15) is 46.0 Å². The monoisotopic (exact) mass is 225 g/mol. The Balaban J connectivity index is 2.16. The summed E-state index contributed by atoms with van der Waals surface area (Å²) in [5, 5.41) is 0. The van der Waals surface area contributed by atoms with Gasteiger partial charge in [-0.2, -0.15) is 0 Å². The van der Waals surface area contributed by atoms with Gasteiger partial charge in [-0.05, 0) is 32.6 Å². The molecule has 1 unspecified atom stereocenters. The fourth-order valence-corrected chi connectivity index (χ4v) is 2.56. The molecule has 2 atom stereocenters. The first-order chi connectivity index (χ1) is 7.58. The largest absolute Gasteiger partial charge is 0.448 e. The van der Waals surface area contributed by atoms with Crippen molar-refractivity contribution in [3.05, 3.63) is 0 Å². The summed E-state index contributed by atoms with van der Waals surface area (Å²) in [6, 6.07) is -0.304. The molecule has 0 aromatic heterocycles. The molecule has 0 aliphatic carbocycles. The Labute approximate surface area is 95.9 Å². The number of esters is 1. The van der Waals surface area contributed by atoms with E-state index in [4.69, 9.17) is 4.74 Å². The Hall–Kier alpha value is -1.06. The van der Waals surface area contributed by atoms with Crippen LogP contribution in [0.5, 0.6) is 0 Å². The highest BCUT2D eigenvalue weighted by atomic mass is 16.6. The highest BCUT2D eigenvalue weighted by Crippen LogP contribution is 2.33. The first-order valence-electron chi connectivity index (χ1n) is 6.12. The van der Waals surface area contributed by atoms with Gasteiger partial charge in [0.2, 0.25) is 0 Å². The smallest absolute Gasteiger partial charge is 0.329 e. The van der Waals surface area contributed by atoms with Gasteiger partial charge in [0.1, 0.15) is 6.04 Å². The fourth-order valence-electron chi connectivity index (χ4n) is 2.56. The first kappa shape index (κ1) is 11.4. The van der Waals surface area contributed by atoms with E-state index < -0.39 is 5.60 Å². The molecule has 16 heavy (non-hydrogen) atoms. The van der Waals surface area contributed by atoms with E-state index in [0.29, 0.717) is 13.0 Å². The van der Waals surface area contributed by atoms with Gasteiger partial charge >= 0.3 is 5.97 Å². The van der Waals surface area contributed by atoms with Crippen LogP contribution in [-0.2, 0) is 14.3 Å². The molecule has 2 fully saturated rings. The molecule has 0 radical (unpaired) electrons. The topological polar surface area (TPSA) is 46.6 Å². The highest BCUT2D eigenvalue weighted by molar-refractivity contribution is 5.95. The Bertz CT molecular complexity index is 315. The van der Waals surface area contributed by atoms with Crippen molar-refractivity contribution in [1.29, 1.82) is 0 Å². The zero-order chi connectivity index (χ0) is 11.8. The Kier molecular flexibility index (Phi) is 2.91. The maximum Gasteiger partial charge on any atom is 0.329 e. The Morgan fingerprint density at radius 3 is 2.94 bits per heavy atom. The molecule has 0 aromatic carbocycles. The van der Waals surface area contributed by atoms with Crippen LogP contribution >= 0.6 is 0 Å². The van der Waals surface area contributed by atoms with E-state index in [1.54, 1.807) is 11.8 Å². The van der Waals surface area contributed by atoms with E-state index in [2.05, 4.69) is 6.92 Å². The predicted octanol–water partition coefficient (Wildman–Crippen LogP) is 1.48. The molecule has 0 aromatic rings. The Morgan fingerprint density at radius 2 is 2.25 bits per heavy atom. The van der Waals surface area contributed by atoms with Crippen LogP contribution in [0.4, 0.5) is 0 Å². The summed E-state index contributed by atoms with van der Waals surface area (Å²) < 4.78 is 5.37. The fraction of sp³-hybridized carbons (Fsp3) is 0.833. The van der Waals surface area contributed by atoms with E-state index >= 15 is 0 Å². The van der Waals surface area contributed by atoms with Crippen molar-refractivity contribution in [3.8, 4) is 0 Å². The van der Waals surface area contributed by atoms with Gasteiger partial charge in [0.15, 0.2) is 5.60 Å². The number of cyclic esters (lactones) is 1. The van der Waals surface area contributed by atoms with Crippen molar-refractivity contribution in [1.82, 2.24) is 4.90 Å². The number of hydrogen-bond donors (Lipinski definition) is 0. The maximum absolute atomic E-state index is 12.2. The van der Waals surface area contributed by atoms with Crippen molar-refractivity contribution >= 4 is 11.9 Å². The van der Waals surface area contributed by atoms with Gasteiger partial charge in [0, 0.05) is 6.54 Å². The molecule has 2 saturated heterocycles. The summed E-state index contributed by atoms with van der Waals surface area (Å²) in [6.45, 7) is 4.52. The molecule has 4 nitrogen and oxygen atoms in total. The number of hydrogen-bond acceptors (Lipinski definition) is 3. The number of unbranched alkanes of at least 4 members (excludes halogenated alkanes) is 1. The minimum absolute atomic E-state index is 0.00282. The summed E-state index contributed by atoms with van der Waals surface area (Å²) in [6.07, 6.45) is 4.22. The van der Waals surface area contributed by atoms with Crippen molar-refractivity contribution in [2.24, 2.45) is 0 Å². The van der Waals surface area contributed by atoms with E-state index in [1.807, 2.05) is 0 Å². The van der Waals surface area contributed by atoms with Crippen LogP contribution in [0.15, 0.2) is 0 Å². The summed E-state index contributed by atoms with van der Waals surface area (Å²) in [5.74, 6) is -0.209. The van der Waals surface area contributed by atoms with Gasteiger partial charge in [0.05, 0.1) is 0 Å². The zero-order valence-electron chi connectivity index (χ0n) is 9.99. The summed E-state index contributed by atoms with van der Waals surface area (Å²) in [7, 11) is 0. The van der Waals surface area contributed by atoms with Gasteiger partial charge in [-0.1, -0.05) is 13.3 Å². The van der Waals surface area contributed by atoms with Gasteiger partial charge < -0.3 is 9.64 Å². The normalized spacial score (nSPS) is 33.9. The molecule has 0 bridgehead atoms. The minimum Gasteiger partial charge on any atom is -0.448 e. The van der Waals surface area contributed by atoms with E-state index in [-0.39, 0.29) is 17.9 Å². The van der Waals surface area contributed by atoms with Crippen molar-refractivity contribution in [2.75, 3.05) is 6.54 Å². The van der Waals surface area contributed by atoms with E-state index in [9.17, 15) is 9.59 Å². The zero-order valence-corrected chi connectivity index (χ0v) is 9.99. The second kappa shape index (κ2) is 4.07. The molecule has 2 rings (SSSR count). The third-order valence-electron chi connectivity index (χ3n) is 3.57. The van der Waals surface area contributed by atoms with Crippen LogP contribution in [0.25, 0.3) is 0 Å².